The van der Waals surface area contributed by atoms with Crippen LogP contribution in [0.3, 0.4) is 0 Å². The number of anilines is 1. The zero-order valence-corrected chi connectivity index (χ0v) is 21.6. The van der Waals surface area contributed by atoms with Gasteiger partial charge in [0.15, 0.2) is 11.5 Å². The zero-order chi connectivity index (χ0) is 27.7. The molecule has 2 aromatic carbocycles. The first-order valence-electron chi connectivity index (χ1n) is 12.4. The lowest BCUT2D eigenvalue weighted by molar-refractivity contribution is -0.134. The van der Waals surface area contributed by atoms with Gasteiger partial charge in [0, 0.05) is 18.6 Å². The van der Waals surface area contributed by atoms with E-state index in [1.807, 2.05) is 36.4 Å². The van der Waals surface area contributed by atoms with Crippen molar-refractivity contribution in [1.82, 2.24) is 24.0 Å². The molecule has 1 aliphatic heterocycles. The fraction of sp³-hybridized carbons (Fsp3) is 0.250. The van der Waals surface area contributed by atoms with Gasteiger partial charge >= 0.3 is 5.69 Å². The Morgan fingerprint density at radius 3 is 2.46 bits per heavy atom. The van der Waals surface area contributed by atoms with Gasteiger partial charge in [-0.2, -0.15) is 5.26 Å². The van der Waals surface area contributed by atoms with Gasteiger partial charge < -0.3 is 21.1 Å². The van der Waals surface area contributed by atoms with Gasteiger partial charge in [0.05, 0.1) is 11.7 Å². The summed E-state index contributed by atoms with van der Waals surface area (Å²) in [7, 11) is 0. The molecule has 1 aliphatic rings. The molecule has 0 unspecified atom stereocenters. The normalized spacial score (nSPS) is 15.6. The number of nitrogen functional groups attached to an aromatic ring is 1. The summed E-state index contributed by atoms with van der Waals surface area (Å²) in [5.41, 5.74) is 12.3. The maximum absolute atomic E-state index is 13.7. The van der Waals surface area contributed by atoms with Gasteiger partial charge in [-0.1, -0.05) is 18.2 Å². The van der Waals surface area contributed by atoms with Crippen molar-refractivity contribution in [3.63, 3.8) is 0 Å². The van der Waals surface area contributed by atoms with E-state index in [-0.39, 0.29) is 29.7 Å². The molecule has 3 heterocycles. The molecule has 198 valence electrons. The van der Waals surface area contributed by atoms with Gasteiger partial charge in [-0.05, 0) is 62.7 Å². The highest BCUT2D eigenvalue weighted by molar-refractivity contribution is 5.98. The second-order valence-electron chi connectivity index (χ2n) is 10.0. The highest BCUT2D eigenvalue weighted by Gasteiger charge is 2.36. The first kappa shape index (κ1) is 25.7. The number of amides is 1. The lowest BCUT2D eigenvalue weighted by atomic mass is 9.98. The lowest BCUT2D eigenvalue weighted by Crippen LogP contribution is -2.54. The van der Waals surface area contributed by atoms with E-state index in [1.165, 1.54) is 21.5 Å². The fourth-order valence-corrected chi connectivity index (χ4v) is 4.57. The van der Waals surface area contributed by atoms with Crippen molar-refractivity contribution in [2.24, 2.45) is 5.73 Å². The van der Waals surface area contributed by atoms with Crippen LogP contribution in [0.15, 0.2) is 77.4 Å². The Kier molecular flexibility index (Phi) is 6.64. The van der Waals surface area contributed by atoms with Crippen LogP contribution in [0.5, 0.6) is 11.5 Å². The lowest BCUT2D eigenvalue weighted by Gasteiger charge is -2.41. The molecule has 0 saturated carbocycles. The number of likely N-dealkylation sites (tertiary alicyclic amines) is 1. The quantitative estimate of drug-likeness (QED) is 0.276. The maximum atomic E-state index is 13.7. The van der Waals surface area contributed by atoms with Crippen LogP contribution in [0.25, 0.3) is 16.9 Å². The molecule has 2 aromatic heterocycles. The highest BCUT2D eigenvalue weighted by Crippen LogP contribution is 2.27. The number of carbonyl (C=O) groups excluding carboxylic acids is 1. The molecular formula is C28H28N8O3. The van der Waals surface area contributed by atoms with Crippen molar-refractivity contribution in [2.45, 2.75) is 38.4 Å². The second-order valence-corrected chi connectivity index (χ2v) is 10.0. The monoisotopic (exact) mass is 524 g/mol. The maximum Gasteiger partial charge on any atom is 0.335 e. The van der Waals surface area contributed by atoms with Gasteiger partial charge in [0.1, 0.15) is 35.0 Å². The molecule has 4 N–H and O–H groups in total. The Morgan fingerprint density at radius 1 is 1.15 bits per heavy atom. The molecule has 1 fully saturated rings. The third kappa shape index (κ3) is 5.10. The Morgan fingerprint density at radius 2 is 1.85 bits per heavy atom. The average molecular weight is 525 g/mol. The van der Waals surface area contributed by atoms with Crippen molar-refractivity contribution in [3.05, 3.63) is 83.1 Å². The number of rotatable bonds is 7. The molecule has 4 aromatic rings. The van der Waals surface area contributed by atoms with Gasteiger partial charge in [-0.3, -0.25) is 13.9 Å². The number of imidazole rings is 1. The highest BCUT2D eigenvalue weighted by atomic mass is 16.5. The Balaban J connectivity index is 1.47. The van der Waals surface area contributed by atoms with Crippen molar-refractivity contribution in [3.8, 4) is 23.3 Å². The summed E-state index contributed by atoms with van der Waals surface area (Å²) in [5, 5.41) is 9.53. The van der Waals surface area contributed by atoms with E-state index in [0.717, 1.165) is 0 Å². The molecule has 1 amide bonds. The van der Waals surface area contributed by atoms with Crippen LogP contribution in [0, 0.1) is 11.3 Å². The molecule has 0 spiro atoms. The largest absolute Gasteiger partial charge is 0.457 e. The number of nitrogens with zero attached hydrogens (tertiary/aromatic N) is 6. The van der Waals surface area contributed by atoms with E-state index in [2.05, 4.69) is 9.97 Å². The molecule has 5 rings (SSSR count). The molecule has 0 aliphatic carbocycles. The first-order valence-corrected chi connectivity index (χ1v) is 12.4. The summed E-state index contributed by atoms with van der Waals surface area (Å²) >= 11 is 0. The summed E-state index contributed by atoms with van der Waals surface area (Å²) in [6.07, 6.45) is 3.43. The molecule has 0 bridgehead atoms. The number of hydrogen-bond donors (Lipinski definition) is 2. The van der Waals surface area contributed by atoms with E-state index in [1.54, 1.807) is 43.0 Å². The van der Waals surface area contributed by atoms with Crippen LogP contribution in [-0.4, -0.2) is 48.0 Å². The Bertz CT molecular complexity index is 1660. The predicted molar refractivity (Wildman–Crippen MR) is 146 cm³/mol. The van der Waals surface area contributed by atoms with Crippen LogP contribution in [0.1, 0.15) is 20.3 Å². The molecule has 1 atom stereocenters. The molecular weight excluding hydrogens is 496 g/mol. The van der Waals surface area contributed by atoms with Crippen LogP contribution in [0.4, 0.5) is 5.82 Å². The van der Waals surface area contributed by atoms with E-state index < -0.39 is 11.4 Å². The molecule has 11 heteroatoms. The zero-order valence-electron chi connectivity index (χ0n) is 21.6. The van der Waals surface area contributed by atoms with Crippen molar-refractivity contribution in [2.75, 3.05) is 12.3 Å². The number of nitrogens with two attached hydrogens (primary N) is 2. The summed E-state index contributed by atoms with van der Waals surface area (Å²) in [5.74, 6) is 1.05. The molecule has 39 heavy (non-hydrogen) atoms. The van der Waals surface area contributed by atoms with E-state index in [4.69, 9.17) is 16.2 Å². The predicted octanol–water partition coefficient (Wildman–Crippen LogP) is 2.74. The number of ether oxygens (including phenoxy) is 1. The van der Waals surface area contributed by atoms with Crippen molar-refractivity contribution < 1.29 is 9.53 Å². The Labute approximate surface area is 224 Å². The van der Waals surface area contributed by atoms with Gasteiger partial charge in [0.25, 0.3) is 5.91 Å². The standard InChI is InChI=1S/C28H28N8O3/c1-28(2,31)14-18(15-29)26(37)34-13-12-20(34)16-35-25-23(24(30)32-17-33-25)36(27(35)38)19-8-10-22(11-9-19)39-21-6-4-3-5-7-21/h3-11,14,17,20H,12-13,16,31H2,1-2H3,(H2,30,32,33)/b18-14-/t20-/m0/s1. The summed E-state index contributed by atoms with van der Waals surface area (Å²) in [6, 6.07) is 18.1. The fourth-order valence-electron chi connectivity index (χ4n) is 4.57. The van der Waals surface area contributed by atoms with E-state index in [9.17, 15) is 14.9 Å². The van der Waals surface area contributed by atoms with Crippen LogP contribution in [-0.2, 0) is 11.3 Å². The first-order chi connectivity index (χ1) is 18.7. The smallest absolute Gasteiger partial charge is 0.335 e. The summed E-state index contributed by atoms with van der Waals surface area (Å²) in [6.45, 7) is 4.08. The van der Waals surface area contributed by atoms with E-state index >= 15 is 0 Å². The van der Waals surface area contributed by atoms with Gasteiger partial charge in [-0.25, -0.2) is 14.8 Å². The second kappa shape index (κ2) is 10.1. The number of para-hydroxylation sites is 1. The number of carbonyl (C=O) groups is 1. The van der Waals surface area contributed by atoms with Crippen molar-refractivity contribution in [1.29, 1.82) is 5.26 Å². The van der Waals surface area contributed by atoms with Crippen LogP contribution < -0.4 is 21.9 Å². The van der Waals surface area contributed by atoms with E-state index in [0.29, 0.717) is 41.3 Å². The van der Waals surface area contributed by atoms with Gasteiger partial charge in [-0.15, -0.1) is 0 Å². The topological polar surface area (TPSA) is 158 Å². The van der Waals surface area contributed by atoms with Crippen LogP contribution in [0.2, 0.25) is 0 Å². The Hall–Kier alpha value is -4.95. The third-order valence-electron chi connectivity index (χ3n) is 6.47. The number of hydrogen-bond acceptors (Lipinski definition) is 8. The number of aromatic nitrogens is 4. The number of benzene rings is 2. The SMILES string of the molecule is CC(C)(N)/C=C(/C#N)C(=O)N1CC[C@H]1Cn1c(=O)n(-c2ccc(Oc3ccccc3)cc2)c2c(N)ncnc21. The number of fused-ring (bicyclic) bond motifs is 1. The van der Waals surface area contributed by atoms with Crippen LogP contribution >= 0.6 is 0 Å². The summed E-state index contributed by atoms with van der Waals surface area (Å²) in [4.78, 5) is 36.8. The molecule has 1 saturated heterocycles. The molecule has 0 radical (unpaired) electrons. The minimum Gasteiger partial charge on any atom is -0.457 e. The van der Waals surface area contributed by atoms with Crippen molar-refractivity contribution >= 4 is 22.9 Å². The average Bonchev–Trinajstić information content (AvgIpc) is 3.17. The minimum absolute atomic E-state index is 0.0219. The minimum atomic E-state index is -0.818. The third-order valence-corrected chi connectivity index (χ3v) is 6.47. The number of nitriles is 1. The molecule has 11 nitrogen and oxygen atoms in total. The van der Waals surface area contributed by atoms with Gasteiger partial charge in [0.2, 0.25) is 0 Å². The summed E-state index contributed by atoms with van der Waals surface area (Å²) < 4.78 is 8.82.